The van der Waals surface area contributed by atoms with Crippen molar-refractivity contribution in [2.45, 2.75) is 44.8 Å². The van der Waals surface area contributed by atoms with Gasteiger partial charge in [0.25, 0.3) is 0 Å². The number of nitrogens with one attached hydrogen (secondary N) is 3. The minimum absolute atomic E-state index is 0.0921. The smallest absolute Gasteiger partial charge is 0.243 e. The monoisotopic (exact) mass is 288 g/mol. The van der Waals surface area contributed by atoms with Crippen LogP contribution >= 0.6 is 0 Å². The Morgan fingerprint density at radius 2 is 2.29 bits per heavy atom. The van der Waals surface area contributed by atoms with Crippen LogP contribution in [0.5, 0.6) is 0 Å². The van der Waals surface area contributed by atoms with Gasteiger partial charge in [0.2, 0.25) is 5.91 Å². The fraction of sp³-hybridized carbons (Fsp3) is 0.562. The first kappa shape index (κ1) is 14.4. The quantitative estimate of drug-likeness (QED) is 0.778. The molecule has 0 aromatic heterocycles. The predicted molar refractivity (Wildman–Crippen MR) is 84.1 cm³/mol. The summed E-state index contributed by atoms with van der Waals surface area (Å²) in [4.78, 5) is 12.5. The van der Waals surface area contributed by atoms with Crippen molar-refractivity contribution in [2.75, 3.05) is 18.9 Å². The molecule has 3 rings (SSSR count). The first-order valence-electron chi connectivity index (χ1n) is 7.67. The van der Waals surface area contributed by atoms with Crippen LogP contribution in [0.15, 0.2) is 18.2 Å². The van der Waals surface area contributed by atoms with Gasteiger partial charge in [0, 0.05) is 37.8 Å². The molecule has 2 heterocycles. The van der Waals surface area contributed by atoms with Crippen molar-refractivity contribution in [2.24, 2.45) is 0 Å². The topological polar surface area (TPSA) is 56.4 Å². The fourth-order valence-electron chi connectivity index (χ4n) is 3.24. The van der Waals surface area contributed by atoms with E-state index in [2.05, 4.69) is 53.1 Å². The number of para-hydroxylation sites is 1. The Hall–Kier alpha value is -1.59. The SMILES string of the molecule is Cc1cccc2c1NC(C(=O)NC(C)C1CCN(C)N1)C2. The molecule has 114 valence electrons. The van der Waals surface area contributed by atoms with Crippen molar-refractivity contribution >= 4 is 11.6 Å². The van der Waals surface area contributed by atoms with Crippen LogP contribution in [0, 0.1) is 6.92 Å². The highest BCUT2D eigenvalue weighted by Crippen LogP contribution is 2.29. The minimum Gasteiger partial charge on any atom is -0.373 e. The number of fused-ring (bicyclic) bond motifs is 1. The van der Waals surface area contributed by atoms with Crippen LogP contribution < -0.4 is 16.1 Å². The Bertz CT molecular complexity index is 545. The summed E-state index contributed by atoms with van der Waals surface area (Å²) in [7, 11) is 2.03. The van der Waals surface area contributed by atoms with Gasteiger partial charge in [0.15, 0.2) is 0 Å². The van der Waals surface area contributed by atoms with Crippen LogP contribution in [-0.2, 0) is 11.2 Å². The van der Waals surface area contributed by atoms with Gasteiger partial charge < -0.3 is 10.6 Å². The molecule has 1 amide bonds. The Morgan fingerprint density at radius 3 is 2.95 bits per heavy atom. The zero-order valence-corrected chi connectivity index (χ0v) is 12.9. The summed E-state index contributed by atoms with van der Waals surface area (Å²) in [6, 6.07) is 6.53. The highest BCUT2D eigenvalue weighted by atomic mass is 16.2. The largest absolute Gasteiger partial charge is 0.373 e. The highest BCUT2D eigenvalue weighted by Gasteiger charge is 2.31. The summed E-state index contributed by atoms with van der Waals surface area (Å²) >= 11 is 0. The lowest BCUT2D eigenvalue weighted by molar-refractivity contribution is -0.122. The number of carbonyl (C=O) groups is 1. The molecule has 3 N–H and O–H groups in total. The molecule has 1 aromatic rings. The van der Waals surface area contributed by atoms with Crippen LogP contribution in [0.2, 0.25) is 0 Å². The summed E-state index contributed by atoms with van der Waals surface area (Å²) < 4.78 is 0. The third kappa shape index (κ3) is 2.89. The lowest BCUT2D eigenvalue weighted by atomic mass is 10.1. The molecule has 3 unspecified atom stereocenters. The number of carbonyl (C=O) groups excluding carboxylic acids is 1. The van der Waals surface area contributed by atoms with Gasteiger partial charge in [-0.2, -0.15) is 0 Å². The number of hydrazine groups is 1. The Kier molecular flexibility index (Phi) is 3.87. The normalized spacial score (nSPS) is 26.2. The third-order valence-corrected chi connectivity index (χ3v) is 4.55. The molecule has 2 aliphatic heterocycles. The van der Waals surface area contributed by atoms with E-state index in [4.69, 9.17) is 0 Å². The lowest BCUT2D eigenvalue weighted by Crippen LogP contribution is -2.51. The van der Waals surface area contributed by atoms with E-state index < -0.39 is 0 Å². The average molecular weight is 288 g/mol. The average Bonchev–Trinajstić information content (AvgIpc) is 3.05. The second kappa shape index (κ2) is 5.66. The molecule has 1 fully saturated rings. The number of nitrogens with zero attached hydrogens (tertiary/aromatic N) is 1. The van der Waals surface area contributed by atoms with Gasteiger partial charge in [0.05, 0.1) is 0 Å². The molecule has 0 bridgehead atoms. The maximum absolute atomic E-state index is 12.5. The van der Waals surface area contributed by atoms with Crippen LogP contribution in [0.25, 0.3) is 0 Å². The number of amides is 1. The number of rotatable bonds is 3. The van der Waals surface area contributed by atoms with Crippen LogP contribution in [0.1, 0.15) is 24.5 Å². The summed E-state index contributed by atoms with van der Waals surface area (Å²) in [6.45, 7) is 5.17. The van der Waals surface area contributed by atoms with E-state index in [1.807, 2.05) is 7.05 Å². The molecule has 0 aliphatic carbocycles. The Balaban J connectivity index is 1.59. The molecular formula is C16H24N4O. The second-order valence-electron chi connectivity index (χ2n) is 6.25. The van der Waals surface area contributed by atoms with Gasteiger partial charge >= 0.3 is 0 Å². The van der Waals surface area contributed by atoms with Gasteiger partial charge in [-0.25, -0.2) is 5.01 Å². The summed E-state index contributed by atoms with van der Waals surface area (Å²) in [5, 5.41) is 8.60. The standard InChI is InChI=1S/C16H24N4O/c1-10-5-4-6-12-9-14(18-15(10)12)16(21)17-11(2)13-7-8-20(3)19-13/h4-6,11,13-14,18-19H,7-9H2,1-3H3,(H,17,21). The van der Waals surface area contributed by atoms with E-state index in [1.165, 1.54) is 11.1 Å². The molecule has 2 aliphatic rings. The van der Waals surface area contributed by atoms with E-state index in [0.717, 1.165) is 25.1 Å². The summed E-state index contributed by atoms with van der Waals surface area (Å²) in [5.41, 5.74) is 6.94. The summed E-state index contributed by atoms with van der Waals surface area (Å²) in [6.07, 6.45) is 1.84. The molecule has 0 saturated carbocycles. The molecule has 0 radical (unpaired) electrons. The van der Waals surface area contributed by atoms with E-state index in [0.29, 0.717) is 6.04 Å². The molecule has 3 atom stereocenters. The van der Waals surface area contributed by atoms with Crippen molar-refractivity contribution in [3.05, 3.63) is 29.3 Å². The highest BCUT2D eigenvalue weighted by molar-refractivity contribution is 5.88. The first-order chi connectivity index (χ1) is 10.0. The van der Waals surface area contributed by atoms with Crippen molar-refractivity contribution in [3.63, 3.8) is 0 Å². The van der Waals surface area contributed by atoms with Gasteiger partial charge in [-0.15, -0.1) is 0 Å². The van der Waals surface area contributed by atoms with Crippen LogP contribution in [0.4, 0.5) is 5.69 Å². The van der Waals surface area contributed by atoms with E-state index >= 15 is 0 Å². The van der Waals surface area contributed by atoms with Gasteiger partial charge in [-0.1, -0.05) is 18.2 Å². The van der Waals surface area contributed by atoms with E-state index in [-0.39, 0.29) is 18.0 Å². The van der Waals surface area contributed by atoms with Gasteiger partial charge in [-0.3, -0.25) is 10.2 Å². The zero-order valence-electron chi connectivity index (χ0n) is 12.9. The summed E-state index contributed by atoms with van der Waals surface area (Å²) in [5.74, 6) is 0.0921. The Morgan fingerprint density at radius 1 is 1.48 bits per heavy atom. The van der Waals surface area contributed by atoms with Crippen LogP contribution in [-0.4, -0.2) is 42.6 Å². The molecule has 21 heavy (non-hydrogen) atoms. The molecule has 5 nitrogen and oxygen atoms in total. The molecule has 5 heteroatoms. The fourth-order valence-corrected chi connectivity index (χ4v) is 3.24. The van der Waals surface area contributed by atoms with Crippen molar-refractivity contribution in [1.29, 1.82) is 0 Å². The minimum atomic E-state index is -0.150. The molecular weight excluding hydrogens is 264 g/mol. The molecule has 1 saturated heterocycles. The van der Waals surface area contributed by atoms with Gasteiger partial charge in [0.1, 0.15) is 6.04 Å². The van der Waals surface area contributed by atoms with Gasteiger partial charge in [-0.05, 0) is 31.4 Å². The van der Waals surface area contributed by atoms with Crippen LogP contribution in [0.3, 0.4) is 0 Å². The van der Waals surface area contributed by atoms with Crippen molar-refractivity contribution < 1.29 is 4.79 Å². The predicted octanol–water partition coefficient (Wildman–Crippen LogP) is 1.05. The Labute approximate surface area is 126 Å². The number of hydrogen-bond acceptors (Lipinski definition) is 4. The maximum atomic E-state index is 12.5. The number of benzene rings is 1. The van der Waals surface area contributed by atoms with E-state index in [9.17, 15) is 4.79 Å². The number of anilines is 1. The lowest BCUT2D eigenvalue weighted by Gasteiger charge is -2.23. The molecule has 0 spiro atoms. The van der Waals surface area contributed by atoms with Crippen molar-refractivity contribution in [1.82, 2.24) is 15.8 Å². The number of aryl methyl sites for hydroxylation is 1. The van der Waals surface area contributed by atoms with Crippen molar-refractivity contribution in [3.8, 4) is 0 Å². The maximum Gasteiger partial charge on any atom is 0.243 e. The second-order valence-corrected chi connectivity index (χ2v) is 6.25. The zero-order chi connectivity index (χ0) is 15.0. The third-order valence-electron chi connectivity index (χ3n) is 4.55. The van der Waals surface area contributed by atoms with E-state index in [1.54, 1.807) is 0 Å². The molecule has 1 aromatic carbocycles. The number of hydrogen-bond donors (Lipinski definition) is 3. The first-order valence-corrected chi connectivity index (χ1v) is 7.67.